The average molecular weight is 897 g/mol. The topological polar surface area (TPSA) is 242 Å². The Hall–Kier alpha value is -1.39. The summed E-state index contributed by atoms with van der Waals surface area (Å²) in [6.45, 7) is 14.2. The molecule has 0 bridgehead atoms. The van der Waals surface area contributed by atoms with Crippen molar-refractivity contribution in [2.75, 3.05) is 13.2 Å². The first-order valence-electron chi connectivity index (χ1n) is 23.6. The van der Waals surface area contributed by atoms with Gasteiger partial charge in [-0.15, -0.1) is 0 Å². The van der Waals surface area contributed by atoms with Gasteiger partial charge in [-0.3, -0.25) is 4.79 Å². The predicted octanol–water partition coefficient (Wildman–Crippen LogP) is 1.42. The van der Waals surface area contributed by atoms with Crippen LogP contribution in [0.5, 0.6) is 0 Å². The third kappa shape index (κ3) is 7.78. The number of carbonyl (C=O) groups is 1. The third-order valence-corrected chi connectivity index (χ3v) is 17.6. The number of allylic oxidation sites excluding steroid dienone is 1. The van der Waals surface area contributed by atoms with Crippen LogP contribution < -0.4 is 0 Å². The normalized spacial score (nSPS) is 56.8. The van der Waals surface area contributed by atoms with Crippen LogP contribution in [0.4, 0.5) is 0 Å². The summed E-state index contributed by atoms with van der Waals surface area (Å²) >= 11 is 0. The summed E-state index contributed by atoms with van der Waals surface area (Å²) in [4.78, 5) is 12.5. The molecular weight excluding hydrogens is 824 g/mol. The third-order valence-electron chi connectivity index (χ3n) is 17.6. The van der Waals surface area contributed by atoms with Gasteiger partial charge in [-0.25, -0.2) is 0 Å². The fourth-order valence-corrected chi connectivity index (χ4v) is 14.1. The highest BCUT2D eigenvalue weighted by molar-refractivity contribution is 5.66. The number of aliphatic hydroxyl groups is 7. The Balaban J connectivity index is 1.03. The zero-order valence-corrected chi connectivity index (χ0v) is 37.6. The molecule has 0 unspecified atom stereocenters. The van der Waals surface area contributed by atoms with Gasteiger partial charge in [0.2, 0.25) is 0 Å². The second-order valence-electron chi connectivity index (χ2n) is 21.3. The van der Waals surface area contributed by atoms with Gasteiger partial charge in [0, 0.05) is 37.5 Å². The van der Waals surface area contributed by atoms with Crippen molar-refractivity contribution in [1.29, 1.82) is 0 Å². The molecule has 0 radical (unpaired) electrons. The number of esters is 1. The Morgan fingerprint density at radius 1 is 0.746 bits per heavy atom. The molecule has 7 N–H and O–H groups in total. The van der Waals surface area contributed by atoms with Gasteiger partial charge in [0.1, 0.15) is 61.0 Å². The molecule has 358 valence electrons. The maximum Gasteiger partial charge on any atom is 0.302 e. The summed E-state index contributed by atoms with van der Waals surface area (Å²) in [6.07, 6.45) is -12.3. The lowest BCUT2D eigenvalue weighted by Crippen LogP contribution is -2.66. The number of fused-ring (bicyclic) bond motifs is 7. The minimum atomic E-state index is -1.74. The van der Waals surface area contributed by atoms with Crippen LogP contribution in [0.25, 0.3) is 0 Å². The molecule has 17 nitrogen and oxygen atoms in total. The molecule has 0 aromatic heterocycles. The second-order valence-corrected chi connectivity index (χ2v) is 21.3. The first kappa shape index (κ1) is 46.7. The van der Waals surface area contributed by atoms with Crippen molar-refractivity contribution in [2.45, 2.75) is 210 Å². The fraction of sp³-hybridized carbons (Fsp3) is 0.935. The van der Waals surface area contributed by atoms with Crippen molar-refractivity contribution in [3.63, 3.8) is 0 Å². The monoisotopic (exact) mass is 896 g/mol. The van der Waals surface area contributed by atoms with Crippen molar-refractivity contribution in [3.8, 4) is 0 Å². The van der Waals surface area contributed by atoms with E-state index in [0.717, 1.165) is 50.7 Å². The number of ether oxygens (including phenoxy) is 9. The Morgan fingerprint density at radius 2 is 1.44 bits per heavy atom. The largest absolute Gasteiger partial charge is 0.462 e. The van der Waals surface area contributed by atoms with E-state index in [0.29, 0.717) is 36.5 Å². The summed E-state index contributed by atoms with van der Waals surface area (Å²) in [5.74, 6) is 1.09. The molecule has 5 aliphatic heterocycles. The summed E-state index contributed by atoms with van der Waals surface area (Å²) < 4.78 is 57.3. The molecule has 26 atom stereocenters. The molecule has 3 saturated carbocycles. The van der Waals surface area contributed by atoms with E-state index in [4.69, 9.17) is 42.6 Å². The van der Waals surface area contributed by atoms with E-state index in [1.165, 1.54) is 13.8 Å². The van der Waals surface area contributed by atoms with Gasteiger partial charge >= 0.3 is 5.97 Å². The standard InChI is InChI=1S/C46H72O17/c1-19-10-13-46(56-17-19)20(2)32-30(63-46)16-28-26-9-8-24-14-25(59-23(5)47)15-31(45(24,7)27(26)11-12-44(28,32)6)60-43-40(62-42-38(54)36(52)33(49)21(3)57-42)39(34(50)22(4)58-43)61-41-37(53)35(51)29(48)18-55-41/h8,19-22,25-43,48-54H,9-18H2,1-7H3/t19-,20+,21+,22-,25-,26-,27+,28+,29-,30+,31-,32+,33+,34+,35+,36-,37-,38-,39+,40-,41+,42+,43-,44+,45+,46-/m1/s1. The van der Waals surface area contributed by atoms with Crippen LogP contribution in [0.1, 0.15) is 99.8 Å². The first-order valence-corrected chi connectivity index (χ1v) is 23.6. The lowest BCUT2D eigenvalue weighted by Gasteiger charge is -2.61. The van der Waals surface area contributed by atoms with E-state index in [2.05, 4.69) is 33.8 Å². The Bertz CT molecular complexity index is 1690. The molecular formula is C46H72O17. The van der Waals surface area contributed by atoms with E-state index in [1.54, 1.807) is 6.92 Å². The van der Waals surface area contributed by atoms with Gasteiger partial charge in [-0.1, -0.05) is 39.3 Å². The van der Waals surface area contributed by atoms with Gasteiger partial charge in [-0.2, -0.15) is 0 Å². The van der Waals surface area contributed by atoms with E-state index < -0.39 is 115 Å². The van der Waals surface area contributed by atoms with Crippen molar-refractivity contribution < 1.29 is 83.2 Å². The minimum absolute atomic E-state index is 0.0429. The molecule has 1 spiro atoms. The molecule has 9 aliphatic rings. The summed E-state index contributed by atoms with van der Waals surface area (Å²) in [6, 6.07) is 0. The van der Waals surface area contributed by atoms with Crippen LogP contribution in [0.15, 0.2) is 11.6 Å². The highest BCUT2D eigenvalue weighted by Gasteiger charge is 2.70. The van der Waals surface area contributed by atoms with Gasteiger partial charge < -0.3 is 78.4 Å². The van der Waals surface area contributed by atoms with Gasteiger partial charge in [0.05, 0.1) is 37.6 Å². The van der Waals surface area contributed by atoms with Gasteiger partial charge in [-0.05, 0) is 81.0 Å². The Labute approximate surface area is 369 Å². The Kier molecular flexibility index (Phi) is 12.8. The molecule has 0 amide bonds. The van der Waals surface area contributed by atoms with Crippen molar-refractivity contribution >= 4 is 5.97 Å². The fourth-order valence-electron chi connectivity index (χ4n) is 14.1. The van der Waals surface area contributed by atoms with Crippen molar-refractivity contribution in [3.05, 3.63) is 11.6 Å². The van der Waals surface area contributed by atoms with E-state index in [1.807, 2.05) is 0 Å². The van der Waals surface area contributed by atoms with Crippen LogP contribution in [0.3, 0.4) is 0 Å². The zero-order valence-electron chi connectivity index (χ0n) is 37.6. The summed E-state index contributed by atoms with van der Waals surface area (Å²) in [5, 5.41) is 75.8. The van der Waals surface area contributed by atoms with Crippen LogP contribution in [0, 0.1) is 46.3 Å². The van der Waals surface area contributed by atoms with Crippen LogP contribution in [-0.2, 0) is 47.4 Å². The molecule has 0 aromatic rings. The SMILES string of the molecule is CC(=O)O[C@@H]1CC2=CC[C@H]3[C@@H]4C[C@@H]5O[C@]6(CC[C@@H](C)CO6)[C@@H](C)[C@@H]5[C@@]4(C)CC[C@@H]3[C@@]2(C)[C@H](O[C@H]2O[C@H](C)[C@H](O)[C@H](O[C@@H]3OC[C@@H](O)[C@H](O)[C@H]3O)[C@H]2O[C@@H]2O[C@@H](C)[C@H](O)[C@@H](O)[C@H]2O)C1. The van der Waals surface area contributed by atoms with Crippen molar-refractivity contribution in [2.24, 2.45) is 46.3 Å². The number of hydrogen-bond acceptors (Lipinski definition) is 17. The molecule has 63 heavy (non-hydrogen) atoms. The second kappa shape index (κ2) is 17.3. The average Bonchev–Trinajstić information content (AvgIpc) is 3.69. The summed E-state index contributed by atoms with van der Waals surface area (Å²) in [5.41, 5.74) is 0.608. The zero-order chi connectivity index (χ0) is 45.1. The number of aliphatic hydroxyl groups excluding tert-OH is 7. The molecule has 4 aliphatic carbocycles. The molecule has 5 heterocycles. The highest BCUT2D eigenvalue weighted by Crippen LogP contribution is 2.71. The predicted molar refractivity (Wildman–Crippen MR) is 218 cm³/mol. The molecule has 0 aromatic carbocycles. The quantitative estimate of drug-likeness (QED) is 0.141. The maximum absolute atomic E-state index is 12.5. The van der Waals surface area contributed by atoms with Crippen LogP contribution in [-0.4, -0.2) is 165 Å². The van der Waals surface area contributed by atoms with Crippen molar-refractivity contribution in [1.82, 2.24) is 0 Å². The molecule has 8 fully saturated rings. The lowest BCUT2D eigenvalue weighted by atomic mass is 9.46. The molecule has 9 rings (SSSR count). The van der Waals surface area contributed by atoms with Gasteiger partial charge in [0.25, 0.3) is 0 Å². The van der Waals surface area contributed by atoms with Gasteiger partial charge in [0.15, 0.2) is 24.7 Å². The first-order chi connectivity index (χ1) is 29.8. The van der Waals surface area contributed by atoms with E-state index >= 15 is 0 Å². The van der Waals surface area contributed by atoms with E-state index in [-0.39, 0.29) is 30.0 Å². The lowest BCUT2D eigenvalue weighted by molar-refractivity contribution is -0.391. The number of hydrogen-bond donors (Lipinski definition) is 7. The summed E-state index contributed by atoms with van der Waals surface area (Å²) in [7, 11) is 0. The minimum Gasteiger partial charge on any atom is -0.462 e. The van der Waals surface area contributed by atoms with Crippen LogP contribution >= 0.6 is 0 Å². The molecule has 17 heteroatoms. The van der Waals surface area contributed by atoms with Crippen LogP contribution in [0.2, 0.25) is 0 Å². The highest BCUT2D eigenvalue weighted by atomic mass is 16.8. The number of rotatable bonds is 7. The number of carbonyl (C=O) groups excluding carboxylic acids is 1. The Morgan fingerprint density at radius 3 is 2.16 bits per heavy atom. The molecule has 5 saturated heterocycles. The van der Waals surface area contributed by atoms with E-state index in [9.17, 15) is 40.5 Å². The smallest absolute Gasteiger partial charge is 0.302 e. The maximum atomic E-state index is 12.5.